The van der Waals surface area contributed by atoms with Gasteiger partial charge in [-0.1, -0.05) is 0 Å². The van der Waals surface area contributed by atoms with E-state index in [0.29, 0.717) is 5.69 Å². The second-order valence-electron chi connectivity index (χ2n) is 2.11. The summed E-state index contributed by atoms with van der Waals surface area (Å²) in [5.74, 6) is -0.361. The zero-order chi connectivity index (χ0) is 8.27. The Morgan fingerprint density at radius 3 is 2.82 bits per heavy atom. The van der Waals surface area contributed by atoms with Gasteiger partial charge in [-0.05, 0) is 28.1 Å². The van der Waals surface area contributed by atoms with Crippen LogP contribution in [0.3, 0.4) is 0 Å². The van der Waals surface area contributed by atoms with Gasteiger partial charge in [-0.15, -0.1) is 0 Å². The minimum atomic E-state index is -0.361. The van der Waals surface area contributed by atoms with Crippen LogP contribution in [0.4, 0.5) is 0 Å². The van der Waals surface area contributed by atoms with Crippen molar-refractivity contribution in [3.8, 4) is 0 Å². The van der Waals surface area contributed by atoms with Gasteiger partial charge in [0.15, 0.2) is 0 Å². The third kappa shape index (κ3) is 2.67. The Balaban J connectivity index is 2.74. The molecule has 0 saturated carbocycles. The van der Waals surface area contributed by atoms with E-state index in [1.165, 1.54) is 0 Å². The molecule has 3 nitrogen and oxygen atoms in total. The van der Waals surface area contributed by atoms with Crippen LogP contribution in [0, 0.1) is 0 Å². The Morgan fingerprint density at radius 1 is 1.64 bits per heavy atom. The quantitative estimate of drug-likeness (QED) is 0.795. The molecular weight excluding hydrogens is 208 g/mol. The normalized spacial score (nSPS) is 9.55. The Kier molecular flexibility index (Phi) is 2.59. The van der Waals surface area contributed by atoms with Gasteiger partial charge in [0.05, 0.1) is 6.42 Å². The van der Waals surface area contributed by atoms with Crippen LogP contribution in [0.5, 0.6) is 0 Å². The molecule has 58 valence electrons. The fourth-order valence-corrected chi connectivity index (χ4v) is 0.924. The van der Waals surface area contributed by atoms with Crippen molar-refractivity contribution in [2.24, 2.45) is 5.73 Å². The largest absolute Gasteiger partial charge is 0.369 e. The van der Waals surface area contributed by atoms with Crippen molar-refractivity contribution in [2.45, 2.75) is 6.42 Å². The predicted molar refractivity (Wildman–Crippen MR) is 44.8 cm³/mol. The molecule has 1 aromatic rings. The average Bonchev–Trinajstić information content (AvgIpc) is 1.93. The molecule has 1 amide bonds. The first kappa shape index (κ1) is 8.20. The molecule has 2 N–H and O–H groups in total. The Morgan fingerprint density at radius 2 is 2.36 bits per heavy atom. The van der Waals surface area contributed by atoms with Crippen LogP contribution in [-0.4, -0.2) is 10.9 Å². The second kappa shape index (κ2) is 3.48. The van der Waals surface area contributed by atoms with Crippen LogP contribution in [0.15, 0.2) is 22.8 Å². The molecule has 0 aliphatic heterocycles. The molecule has 0 radical (unpaired) electrons. The molecule has 0 atom stereocenters. The zero-order valence-corrected chi connectivity index (χ0v) is 7.34. The third-order valence-electron chi connectivity index (χ3n) is 1.14. The number of hydrogen-bond donors (Lipinski definition) is 1. The predicted octanol–water partition coefficient (Wildman–Crippen LogP) is 0.872. The van der Waals surface area contributed by atoms with Gasteiger partial charge >= 0.3 is 0 Å². The van der Waals surface area contributed by atoms with Crippen molar-refractivity contribution in [1.82, 2.24) is 4.98 Å². The van der Waals surface area contributed by atoms with Crippen molar-refractivity contribution in [3.05, 3.63) is 28.5 Å². The number of primary amides is 1. The van der Waals surface area contributed by atoms with E-state index < -0.39 is 0 Å². The summed E-state index contributed by atoms with van der Waals surface area (Å²) in [5.41, 5.74) is 5.67. The van der Waals surface area contributed by atoms with E-state index in [0.717, 1.165) is 4.47 Å². The topological polar surface area (TPSA) is 56.0 Å². The van der Waals surface area contributed by atoms with Crippen molar-refractivity contribution in [2.75, 3.05) is 0 Å². The maximum Gasteiger partial charge on any atom is 0.223 e. The number of aromatic nitrogens is 1. The minimum Gasteiger partial charge on any atom is -0.369 e. The van der Waals surface area contributed by atoms with Crippen LogP contribution in [0.1, 0.15) is 5.69 Å². The van der Waals surface area contributed by atoms with Gasteiger partial charge in [0.1, 0.15) is 0 Å². The Labute approximate surface area is 72.7 Å². The number of hydrogen-bond acceptors (Lipinski definition) is 2. The van der Waals surface area contributed by atoms with Crippen LogP contribution >= 0.6 is 15.9 Å². The van der Waals surface area contributed by atoms with E-state index in [1.807, 2.05) is 6.07 Å². The molecule has 11 heavy (non-hydrogen) atoms. The van der Waals surface area contributed by atoms with Gasteiger partial charge in [0, 0.05) is 16.4 Å². The number of pyridine rings is 1. The van der Waals surface area contributed by atoms with Gasteiger partial charge in [-0.2, -0.15) is 0 Å². The molecule has 1 rings (SSSR count). The number of rotatable bonds is 2. The summed E-state index contributed by atoms with van der Waals surface area (Å²) in [6.45, 7) is 0. The molecule has 0 aliphatic carbocycles. The fourth-order valence-electron chi connectivity index (χ4n) is 0.690. The van der Waals surface area contributed by atoms with E-state index in [-0.39, 0.29) is 12.3 Å². The molecule has 0 aliphatic rings. The minimum absolute atomic E-state index is 0.202. The van der Waals surface area contributed by atoms with E-state index >= 15 is 0 Å². The maximum atomic E-state index is 10.4. The lowest BCUT2D eigenvalue weighted by Gasteiger charge is -1.95. The zero-order valence-electron chi connectivity index (χ0n) is 5.75. The Bertz CT molecular complexity index is 258. The molecule has 0 fully saturated rings. The van der Waals surface area contributed by atoms with Crippen molar-refractivity contribution in [1.29, 1.82) is 0 Å². The number of carbonyl (C=O) groups is 1. The highest BCUT2D eigenvalue weighted by Gasteiger charge is 1.97. The van der Waals surface area contributed by atoms with E-state index in [4.69, 9.17) is 5.73 Å². The fraction of sp³-hybridized carbons (Fsp3) is 0.143. The SMILES string of the molecule is NC(=O)Cc1ccc(Br)cn1. The second-order valence-corrected chi connectivity index (χ2v) is 3.03. The molecule has 1 heterocycles. The first-order valence-electron chi connectivity index (χ1n) is 3.07. The number of nitrogens with zero attached hydrogens (tertiary/aromatic N) is 1. The molecule has 0 bridgehead atoms. The first-order chi connectivity index (χ1) is 5.18. The first-order valence-corrected chi connectivity index (χ1v) is 3.86. The highest BCUT2D eigenvalue weighted by atomic mass is 79.9. The summed E-state index contributed by atoms with van der Waals surface area (Å²) in [4.78, 5) is 14.4. The molecule has 4 heteroatoms. The number of amides is 1. The monoisotopic (exact) mass is 214 g/mol. The summed E-state index contributed by atoms with van der Waals surface area (Å²) in [7, 11) is 0. The van der Waals surface area contributed by atoms with Crippen LogP contribution in [0.25, 0.3) is 0 Å². The maximum absolute atomic E-state index is 10.4. The van der Waals surface area contributed by atoms with E-state index in [1.54, 1.807) is 12.3 Å². The van der Waals surface area contributed by atoms with Crippen molar-refractivity contribution < 1.29 is 4.79 Å². The summed E-state index contributed by atoms with van der Waals surface area (Å²) >= 11 is 3.23. The smallest absolute Gasteiger partial charge is 0.223 e. The highest BCUT2D eigenvalue weighted by Crippen LogP contribution is 2.07. The molecular formula is C7H7BrN2O. The summed E-state index contributed by atoms with van der Waals surface area (Å²) < 4.78 is 0.894. The van der Waals surface area contributed by atoms with Gasteiger partial charge in [-0.25, -0.2) is 0 Å². The Hall–Kier alpha value is -0.900. The summed E-state index contributed by atoms with van der Waals surface area (Å²) in [6, 6.07) is 3.58. The van der Waals surface area contributed by atoms with Crippen LogP contribution in [-0.2, 0) is 11.2 Å². The lowest BCUT2D eigenvalue weighted by molar-refractivity contribution is -0.117. The van der Waals surface area contributed by atoms with Gasteiger partial charge in [0.2, 0.25) is 5.91 Å². The van der Waals surface area contributed by atoms with Crippen molar-refractivity contribution >= 4 is 21.8 Å². The summed E-state index contributed by atoms with van der Waals surface area (Å²) in [6.07, 6.45) is 1.84. The standard InChI is InChI=1S/C7H7BrN2O/c8-5-1-2-6(10-4-5)3-7(9)11/h1-2,4H,3H2,(H2,9,11). The average molecular weight is 215 g/mol. The molecule has 0 unspecified atom stereocenters. The van der Waals surface area contributed by atoms with Crippen molar-refractivity contribution in [3.63, 3.8) is 0 Å². The van der Waals surface area contributed by atoms with Gasteiger partial charge in [-0.3, -0.25) is 9.78 Å². The molecule has 0 saturated heterocycles. The van der Waals surface area contributed by atoms with E-state index in [9.17, 15) is 4.79 Å². The summed E-state index contributed by atoms with van der Waals surface area (Å²) in [5, 5.41) is 0. The van der Waals surface area contributed by atoms with E-state index in [2.05, 4.69) is 20.9 Å². The molecule has 0 spiro atoms. The molecule has 1 aromatic heterocycles. The third-order valence-corrected chi connectivity index (χ3v) is 1.61. The number of halogens is 1. The van der Waals surface area contributed by atoms with Gasteiger partial charge < -0.3 is 5.73 Å². The lowest BCUT2D eigenvalue weighted by Crippen LogP contribution is -2.14. The highest BCUT2D eigenvalue weighted by molar-refractivity contribution is 9.10. The number of carbonyl (C=O) groups excluding carboxylic acids is 1. The lowest BCUT2D eigenvalue weighted by atomic mass is 10.3. The van der Waals surface area contributed by atoms with Gasteiger partial charge in [0.25, 0.3) is 0 Å². The van der Waals surface area contributed by atoms with Crippen LogP contribution in [0.2, 0.25) is 0 Å². The van der Waals surface area contributed by atoms with Crippen LogP contribution < -0.4 is 5.73 Å². The number of nitrogens with two attached hydrogens (primary N) is 1. The molecule has 0 aromatic carbocycles.